The van der Waals surface area contributed by atoms with Gasteiger partial charge in [0.25, 0.3) is 0 Å². The highest BCUT2D eigenvalue weighted by atomic mass is 32.2. The third kappa shape index (κ3) is 2.75. The van der Waals surface area contributed by atoms with Crippen LogP contribution in [0.15, 0.2) is 29.2 Å². The summed E-state index contributed by atoms with van der Waals surface area (Å²) in [6, 6.07) is 7.56. The molecule has 1 aromatic rings. The highest BCUT2D eigenvalue weighted by Crippen LogP contribution is 2.24. The standard InChI is InChI=1S/C11H15OS/c1-9-6-5-7-10(8-9)13(12)11(2,3)4/h5-8H,1H2,2-4H3. The first kappa shape index (κ1) is 10.6. The van der Waals surface area contributed by atoms with Gasteiger partial charge in [-0.1, -0.05) is 12.1 Å². The summed E-state index contributed by atoms with van der Waals surface area (Å²) < 4.78 is 11.7. The maximum Gasteiger partial charge on any atom is 0.153 e. The Kier molecular flexibility index (Phi) is 3.04. The maximum atomic E-state index is 11.9. The van der Waals surface area contributed by atoms with Crippen molar-refractivity contribution < 1.29 is 4.55 Å². The number of hydrogen-bond donors (Lipinski definition) is 0. The molecule has 0 N–H and O–H groups in total. The first-order chi connectivity index (χ1) is 5.91. The molecule has 0 aromatic heterocycles. The second-order valence-corrected chi connectivity index (χ2v) is 6.26. The van der Waals surface area contributed by atoms with E-state index in [0.717, 1.165) is 10.5 Å². The molecule has 0 aliphatic rings. The monoisotopic (exact) mass is 195 g/mol. The minimum Gasteiger partial charge on any atom is -0.611 e. The van der Waals surface area contributed by atoms with Crippen molar-refractivity contribution in [3.8, 4) is 0 Å². The average molecular weight is 195 g/mol. The summed E-state index contributed by atoms with van der Waals surface area (Å²) in [5.74, 6) is 0. The van der Waals surface area contributed by atoms with Gasteiger partial charge in [-0.25, -0.2) is 0 Å². The molecule has 1 atom stereocenters. The van der Waals surface area contributed by atoms with Crippen molar-refractivity contribution in [1.29, 1.82) is 0 Å². The maximum absolute atomic E-state index is 11.9. The summed E-state index contributed by atoms with van der Waals surface area (Å²) in [6.07, 6.45) is 0. The minimum absolute atomic E-state index is 0.201. The van der Waals surface area contributed by atoms with E-state index in [2.05, 4.69) is 6.92 Å². The lowest BCUT2D eigenvalue weighted by Gasteiger charge is -2.23. The molecule has 1 nitrogen and oxygen atoms in total. The molecule has 1 aromatic carbocycles. The fourth-order valence-corrected chi connectivity index (χ4v) is 2.18. The first-order valence-corrected chi connectivity index (χ1v) is 5.40. The van der Waals surface area contributed by atoms with E-state index in [1.54, 1.807) is 0 Å². The summed E-state index contributed by atoms with van der Waals surface area (Å²) in [4.78, 5) is 0.861. The first-order valence-electron chi connectivity index (χ1n) is 4.25. The van der Waals surface area contributed by atoms with Crippen molar-refractivity contribution in [2.24, 2.45) is 0 Å². The van der Waals surface area contributed by atoms with Crippen molar-refractivity contribution in [2.45, 2.75) is 30.4 Å². The lowest BCUT2D eigenvalue weighted by molar-refractivity contribution is 0.559. The summed E-state index contributed by atoms with van der Waals surface area (Å²) in [5, 5.41) is 0. The van der Waals surface area contributed by atoms with Crippen LogP contribution in [0.5, 0.6) is 0 Å². The van der Waals surface area contributed by atoms with Crippen molar-refractivity contribution in [3.05, 3.63) is 36.8 Å². The molecule has 0 saturated heterocycles. The molecule has 0 fully saturated rings. The predicted molar refractivity (Wildman–Crippen MR) is 57.1 cm³/mol. The van der Waals surface area contributed by atoms with Crippen molar-refractivity contribution in [1.82, 2.24) is 0 Å². The van der Waals surface area contributed by atoms with Crippen LogP contribution in [0.25, 0.3) is 0 Å². The van der Waals surface area contributed by atoms with E-state index in [1.807, 2.05) is 45.0 Å². The Morgan fingerprint density at radius 2 is 1.92 bits per heavy atom. The molecule has 71 valence electrons. The quantitative estimate of drug-likeness (QED) is 0.632. The molecule has 2 heteroatoms. The van der Waals surface area contributed by atoms with Crippen LogP contribution in [0, 0.1) is 6.92 Å². The summed E-state index contributed by atoms with van der Waals surface area (Å²) >= 11 is -0.951. The molecule has 0 spiro atoms. The second-order valence-electron chi connectivity index (χ2n) is 4.03. The van der Waals surface area contributed by atoms with E-state index in [9.17, 15) is 4.55 Å². The lowest BCUT2D eigenvalue weighted by atomic mass is 10.2. The minimum atomic E-state index is -0.951. The highest BCUT2D eigenvalue weighted by molar-refractivity contribution is 7.92. The van der Waals surface area contributed by atoms with Crippen LogP contribution in [-0.4, -0.2) is 9.30 Å². The number of benzene rings is 1. The lowest BCUT2D eigenvalue weighted by Crippen LogP contribution is -2.27. The summed E-state index contributed by atoms with van der Waals surface area (Å²) in [5.41, 5.74) is 0.912. The average Bonchev–Trinajstić information content (AvgIpc) is 2.01. The molecule has 1 unspecified atom stereocenters. The molecule has 1 radical (unpaired) electrons. The van der Waals surface area contributed by atoms with E-state index < -0.39 is 11.2 Å². The topological polar surface area (TPSA) is 23.1 Å². The molecule has 0 amide bonds. The van der Waals surface area contributed by atoms with Gasteiger partial charge in [-0.3, -0.25) is 0 Å². The van der Waals surface area contributed by atoms with Gasteiger partial charge in [0.15, 0.2) is 4.90 Å². The summed E-state index contributed by atoms with van der Waals surface area (Å²) in [7, 11) is 0. The molecular formula is C11H15OS. The molecule has 0 aliphatic carbocycles. The zero-order chi connectivity index (χ0) is 10.1. The van der Waals surface area contributed by atoms with E-state index >= 15 is 0 Å². The fraction of sp³-hybridized carbons (Fsp3) is 0.364. The van der Waals surface area contributed by atoms with E-state index in [4.69, 9.17) is 0 Å². The molecule has 0 saturated carbocycles. The van der Waals surface area contributed by atoms with Crippen LogP contribution in [0.3, 0.4) is 0 Å². The fourth-order valence-electron chi connectivity index (χ4n) is 1.01. The van der Waals surface area contributed by atoms with Gasteiger partial charge in [0.1, 0.15) is 4.75 Å². The van der Waals surface area contributed by atoms with Gasteiger partial charge in [-0.2, -0.15) is 0 Å². The Labute approximate surface area is 83.4 Å². The molecule has 1 rings (SSSR count). The number of rotatable bonds is 1. The van der Waals surface area contributed by atoms with Crippen LogP contribution in [-0.2, 0) is 11.2 Å². The predicted octanol–water partition coefficient (Wildman–Crippen LogP) is 2.77. The van der Waals surface area contributed by atoms with Crippen molar-refractivity contribution >= 4 is 11.2 Å². The number of hydrogen-bond acceptors (Lipinski definition) is 1. The molecule has 0 aliphatic heterocycles. The summed E-state index contributed by atoms with van der Waals surface area (Å²) in [6.45, 7) is 9.72. The van der Waals surface area contributed by atoms with E-state index in [-0.39, 0.29) is 4.75 Å². The van der Waals surface area contributed by atoms with Gasteiger partial charge in [-0.15, -0.1) is 0 Å². The Hall–Kier alpha value is -0.470. The Morgan fingerprint density at radius 3 is 2.38 bits per heavy atom. The zero-order valence-electron chi connectivity index (χ0n) is 8.33. The Morgan fingerprint density at radius 1 is 1.31 bits per heavy atom. The van der Waals surface area contributed by atoms with Crippen molar-refractivity contribution in [2.75, 3.05) is 0 Å². The normalized spacial score (nSPS) is 14.2. The second kappa shape index (κ2) is 3.72. The van der Waals surface area contributed by atoms with Gasteiger partial charge < -0.3 is 4.55 Å². The molecule has 0 heterocycles. The largest absolute Gasteiger partial charge is 0.611 e. The Bertz CT molecular complexity index is 288. The van der Waals surface area contributed by atoms with E-state index in [1.165, 1.54) is 0 Å². The smallest absolute Gasteiger partial charge is 0.153 e. The van der Waals surface area contributed by atoms with Crippen LogP contribution in [0.1, 0.15) is 26.3 Å². The van der Waals surface area contributed by atoms with Gasteiger partial charge in [0, 0.05) is 0 Å². The molecular weight excluding hydrogens is 180 g/mol. The van der Waals surface area contributed by atoms with Crippen molar-refractivity contribution in [3.63, 3.8) is 0 Å². The van der Waals surface area contributed by atoms with Crippen LogP contribution < -0.4 is 0 Å². The van der Waals surface area contributed by atoms with Crippen LogP contribution in [0.2, 0.25) is 0 Å². The SMILES string of the molecule is [CH2]c1cccc([S+]([O-])C(C)(C)C)c1. The third-order valence-electron chi connectivity index (χ3n) is 1.67. The van der Waals surface area contributed by atoms with Gasteiger partial charge in [0.05, 0.1) is 0 Å². The highest BCUT2D eigenvalue weighted by Gasteiger charge is 2.27. The Balaban J connectivity index is 2.96. The van der Waals surface area contributed by atoms with Gasteiger partial charge in [-0.05, 0) is 56.6 Å². The zero-order valence-corrected chi connectivity index (χ0v) is 9.15. The van der Waals surface area contributed by atoms with Gasteiger partial charge >= 0.3 is 0 Å². The molecule has 13 heavy (non-hydrogen) atoms. The molecule has 0 bridgehead atoms. The van der Waals surface area contributed by atoms with Crippen LogP contribution >= 0.6 is 0 Å². The third-order valence-corrected chi connectivity index (χ3v) is 3.46. The van der Waals surface area contributed by atoms with Gasteiger partial charge in [0.2, 0.25) is 0 Å². The van der Waals surface area contributed by atoms with E-state index in [0.29, 0.717) is 0 Å². The van der Waals surface area contributed by atoms with Crippen LogP contribution in [0.4, 0.5) is 0 Å².